The molecule has 20 heteroatoms. The fourth-order valence-corrected chi connectivity index (χ4v) is 7.60. The van der Waals surface area contributed by atoms with E-state index in [-0.39, 0.29) is 48.8 Å². The van der Waals surface area contributed by atoms with Gasteiger partial charge in [-0.05, 0) is 28.5 Å². The first-order valence-electron chi connectivity index (χ1n) is 13.8. The smallest absolute Gasteiger partial charge is 0.352 e. The van der Waals surface area contributed by atoms with Crippen molar-refractivity contribution in [3.05, 3.63) is 47.2 Å². The molecule has 242 valence electrons. The van der Waals surface area contributed by atoms with Crippen molar-refractivity contribution >= 4 is 65.6 Å². The number of imide groups is 1. The molecule has 0 aliphatic carbocycles. The van der Waals surface area contributed by atoms with Gasteiger partial charge in [0.2, 0.25) is 23.1 Å². The van der Waals surface area contributed by atoms with E-state index in [9.17, 15) is 38.7 Å². The van der Waals surface area contributed by atoms with E-state index in [0.717, 1.165) is 16.7 Å². The summed E-state index contributed by atoms with van der Waals surface area (Å²) in [5.41, 5.74) is -1.69. The molecule has 5 rings (SSSR count). The largest absolute Gasteiger partial charge is 0.477 e. The number of piperazine rings is 1. The van der Waals surface area contributed by atoms with Crippen molar-refractivity contribution in [1.29, 1.82) is 0 Å². The molecule has 3 atom stereocenters. The van der Waals surface area contributed by atoms with Gasteiger partial charge in [-0.25, -0.2) is 14.3 Å². The van der Waals surface area contributed by atoms with Gasteiger partial charge in [0.15, 0.2) is 0 Å². The molecule has 2 saturated heterocycles. The zero-order chi connectivity index (χ0) is 33.2. The summed E-state index contributed by atoms with van der Waals surface area (Å²) in [6, 6.07) is 5.43. The number of aromatic nitrogens is 4. The summed E-state index contributed by atoms with van der Waals surface area (Å²) in [4.78, 5) is 92.9. The normalized spacial score (nSPS) is 21.7. The maximum atomic E-state index is 13.9. The van der Waals surface area contributed by atoms with Crippen molar-refractivity contribution in [3.8, 4) is 0 Å². The minimum Gasteiger partial charge on any atom is -0.477 e. The average molecular weight is 673 g/mol. The number of benzene rings is 1. The Bertz CT molecular complexity index is 1630. The van der Waals surface area contributed by atoms with Crippen LogP contribution in [0.2, 0.25) is 0 Å². The van der Waals surface area contributed by atoms with Crippen LogP contribution in [0.15, 0.2) is 46.8 Å². The van der Waals surface area contributed by atoms with Crippen LogP contribution in [0, 0.1) is 0 Å². The van der Waals surface area contributed by atoms with Gasteiger partial charge in [0.1, 0.15) is 17.1 Å². The fourth-order valence-electron chi connectivity index (χ4n) is 5.19. The van der Waals surface area contributed by atoms with E-state index < -0.39 is 52.7 Å². The fraction of sp³-hybridized carbons (Fsp3) is 0.385. The summed E-state index contributed by atoms with van der Waals surface area (Å²) in [5, 5.41) is 27.9. The highest BCUT2D eigenvalue weighted by atomic mass is 32.2. The molecule has 4 N–H and O–H groups in total. The minimum absolute atomic E-state index is 0.103. The van der Waals surface area contributed by atoms with E-state index in [1.165, 1.54) is 33.5 Å². The van der Waals surface area contributed by atoms with Crippen LogP contribution in [0.5, 0.6) is 0 Å². The number of nitrogens with one attached hydrogen (secondary N) is 3. The highest BCUT2D eigenvalue weighted by molar-refractivity contribution is 8.01. The van der Waals surface area contributed by atoms with Gasteiger partial charge in [0, 0.05) is 38.2 Å². The number of aryl methyl sites for hydroxylation is 1. The van der Waals surface area contributed by atoms with Gasteiger partial charge >= 0.3 is 23.8 Å². The third kappa shape index (κ3) is 5.75. The number of fused-ring (bicyclic) bond motifs is 1. The van der Waals surface area contributed by atoms with Gasteiger partial charge in [0.25, 0.3) is 5.91 Å². The number of aliphatic carboxylic acids is 1. The van der Waals surface area contributed by atoms with E-state index in [0.29, 0.717) is 15.6 Å². The summed E-state index contributed by atoms with van der Waals surface area (Å²) in [7, 11) is 1.62. The van der Waals surface area contributed by atoms with Crippen molar-refractivity contribution in [2.24, 2.45) is 7.05 Å². The number of urea groups is 1. The molecule has 2 aromatic rings. The highest BCUT2D eigenvalue weighted by Gasteiger charge is 2.66. The summed E-state index contributed by atoms with van der Waals surface area (Å²) in [6.45, 7) is 1.99. The number of thioether (sulfide) groups is 2. The SMILES string of the molecule is CCN1CCN(C(=O)NC(C(=O)N[C@]2(NC=O)C(=O)N3C(C(=O)O)=C(CSc4nnnn4C)CS[C@H]32)c2ccccc2)C(=O)C1=O. The summed E-state index contributed by atoms with van der Waals surface area (Å²) < 4.78 is 1.41. The van der Waals surface area contributed by atoms with E-state index in [1.54, 1.807) is 32.2 Å². The van der Waals surface area contributed by atoms with Crippen molar-refractivity contribution in [1.82, 2.24) is 50.9 Å². The monoisotopic (exact) mass is 672 g/mol. The molecule has 1 aromatic heterocycles. The number of likely N-dealkylation sites (N-methyl/N-ethyl adjacent to an activating group) is 1. The molecule has 4 heterocycles. The average Bonchev–Trinajstić information content (AvgIpc) is 3.47. The lowest BCUT2D eigenvalue weighted by Crippen LogP contribution is -2.85. The number of carboxylic acids is 1. The number of carbonyl (C=O) groups is 7. The zero-order valence-electron chi connectivity index (χ0n) is 24.4. The van der Waals surface area contributed by atoms with Crippen molar-refractivity contribution in [2.75, 3.05) is 31.1 Å². The number of hydrogen-bond acceptors (Lipinski definition) is 12. The van der Waals surface area contributed by atoms with Gasteiger partial charge in [-0.2, -0.15) is 0 Å². The van der Waals surface area contributed by atoms with E-state index in [1.807, 2.05) is 0 Å². The van der Waals surface area contributed by atoms with Crippen LogP contribution in [-0.4, -0.2) is 124 Å². The third-order valence-electron chi connectivity index (χ3n) is 7.52. The molecule has 3 aliphatic heterocycles. The van der Waals surface area contributed by atoms with Crippen LogP contribution in [0.3, 0.4) is 0 Å². The Hall–Kier alpha value is -4.98. The van der Waals surface area contributed by atoms with Gasteiger partial charge in [-0.1, -0.05) is 42.1 Å². The molecule has 46 heavy (non-hydrogen) atoms. The maximum absolute atomic E-state index is 13.9. The molecule has 0 saturated carbocycles. The standard InChI is InChI=1S/C26H28N10O8S2/c1-3-34-9-10-35(20(40)19(34)39)24(44)28-16(14-7-5-4-6-8-14)18(38)29-26(27-13-37)22(43)36-17(21(41)42)15(11-45-23(26)36)12-46-25-30-31-32-33(25)2/h4-8,13,16,23H,3,9-12H2,1-2H3,(H,27,37)(H,28,44)(H,29,38)(H,41,42)/t16?,23-,26+/m0/s1. The molecule has 3 aliphatic rings. The third-order valence-corrected chi connectivity index (χ3v) is 10.0. The Morgan fingerprint density at radius 1 is 1.17 bits per heavy atom. The van der Waals surface area contributed by atoms with Gasteiger partial charge in [-0.3, -0.25) is 33.8 Å². The second kappa shape index (κ2) is 13.2. The first-order chi connectivity index (χ1) is 22.0. The van der Waals surface area contributed by atoms with E-state index >= 15 is 0 Å². The van der Waals surface area contributed by atoms with E-state index in [4.69, 9.17) is 0 Å². The number of amides is 7. The Morgan fingerprint density at radius 3 is 2.54 bits per heavy atom. The van der Waals surface area contributed by atoms with Crippen LogP contribution in [0.1, 0.15) is 18.5 Å². The molecule has 1 unspecified atom stereocenters. The molecule has 0 radical (unpaired) electrons. The van der Waals surface area contributed by atoms with Crippen LogP contribution in [0.25, 0.3) is 0 Å². The molecule has 2 fully saturated rings. The van der Waals surface area contributed by atoms with Gasteiger partial charge in [-0.15, -0.1) is 16.9 Å². The number of rotatable bonds is 11. The molecule has 0 spiro atoms. The van der Waals surface area contributed by atoms with Crippen LogP contribution >= 0.6 is 23.5 Å². The maximum Gasteiger partial charge on any atom is 0.352 e. The lowest BCUT2D eigenvalue weighted by molar-refractivity contribution is -0.163. The predicted octanol–water partition coefficient (Wildman–Crippen LogP) is -1.74. The molecule has 1 aromatic carbocycles. The molecule has 0 bridgehead atoms. The van der Waals surface area contributed by atoms with Crippen LogP contribution in [-0.2, 0) is 35.8 Å². The van der Waals surface area contributed by atoms with Crippen LogP contribution in [0.4, 0.5) is 4.79 Å². The minimum atomic E-state index is -2.06. The molecular weight excluding hydrogens is 644 g/mol. The lowest BCUT2D eigenvalue weighted by atomic mass is 9.94. The Labute approximate surface area is 269 Å². The number of β-lactam (4-membered cyclic amide) rings is 1. The second-order valence-corrected chi connectivity index (χ2v) is 12.2. The molecular formula is C26H28N10O8S2. The number of nitrogens with zero attached hydrogens (tertiary/aromatic N) is 7. The number of hydrogen-bond donors (Lipinski definition) is 4. The van der Waals surface area contributed by atoms with Crippen LogP contribution < -0.4 is 16.0 Å². The number of tetrazole rings is 1. The summed E-state index contributed by atoms with van der Waals surface area (Å²) in [5.74, 6) is -4.88. The Morgan fingerprint density at radius 2 is 1.91 bits per heavy atom. The number of carboxylic acid groups (broad SMARTS) is 1. The summed E-state index contributed by atoms with van der Waals surface area (Å²) >= 11 is 2.29. The number of carbonyl (C=O) groups excluding carboxylic acids is 6. The van der Waals surface area contributed by atoms with E-state index in [2.05, 4.69) is 31.5 Å². The van der Waals surface area contributed by atoms with Crippen molar-refractivity contribution in [3.63, 3.8) is 0 Å². The molecule has 7 amide bonds. The zero-order valence-corrected chi connectivity index (χ0v) is 26.0. The Balaban J connectivity index is 1.39. The second-order valence-electron chi connectivity index (χ2n) is 10.2. The highest BCUT2D eigenvalue weighted by Crippen LogP contribution is 2.46. The summed E-state index contributed by atoms with van der Waals surface area (Å²) in [6.07, 6.45) is 0.209. The van der Waals surface area contributed by atoms with Gasteiger partial charge < -0.3 is 26.0 Å². The van der Waals surface area contributed by atoms with Crippen molar-refractivity contribution in [2.45, 2.75) is 29.2 Å². The topological polar surface area (TPSA) is 229 Å². The first-order valence-corrected chi connectivity index (χ1v) is 15.8. The predicted molar refractivity (Wildman–Crippen MR) is 159 cm³/mol. The lowest BCUT2D eigenvalue weighted by Gasteiger charge is -2.56. The Kier molecular flexibility index (Phi) is 9.28. The van der Waals surface area contributed by atoms with Gasteiger partial charge in [0.05, 0.1) is 0 Å². The quantitative estimate of drug-likeness (QED) is 0.0684. The van der Waals surface area contributed by atoms with Crippen molar-refractivity contribution < 1.29 is 38.7 Å². The first kappa shape index (κ1) is 32.4. The molecule has 18 nitrogen and oxygen atoms in total.